The summed E-state index contributed by atoms with van der Waals surface area (Å²) in [6, 6.07) is 8.76. The van der Waals surface area contributed by atoms with Crippen molar-refractivity contribution in [2.24, 2.45) is 5.92 Å². The lowest BCUT2D eigenvalue weighted by Gasteiger charge is -2.51. The van der Waals surface area contributed by atoms with Crippen LogP contribution in [0, 0.1) is 5.92 Å². The topological polar surface area (TPSA) is 43.8 Å². The van der Waals surface area contributed by atoms with E-state index >= 15 is 0 Å². The van der Waals surface area contributed by atoms with E-state index in [0.29, 0.717) is 12.6 Å². The molecule has 19 heavy (non-hydrogen) atoms. The van der Waals surface area contributed by atoms with Crippen molar-refractivity contribution in [3.05, 3.63) is 29.8 Å². The molecule has 0 saturated carbocycles. The number of para-hydroxylation sites is 1. The van der Waals surface area contributed by atoms with E-state index in [1.807, 2.05) is 17.0 Å². The summed E-state index contributed by atoms with van der Waals surface area (Å²) < 4.78 is 0. The SMILES string of the molecule is CC(=O)N1C[C@@H](CO)[C@@H]2C[C@H]1c1ccccc1N2C. The lowest BCUT2D eigenvalue weighted by molar-refractivity contribution is -0.135. The third-order valence-electron chi connectivity index (χ3n) is 4.63. The predicted octanol–water partition coefficient (Wildman–Crippen LogP) is 1.41. The van der Waals surface area contributed by atoms with Gasteiger partial charge in [0.05, 0.1) is 6.04 Å². The van der Waals surface area contributed by atoms with Gasteiger partial charge in [-0.2, -0.15) is 0 Å². The first-order valence-corrected chi connectivity index (χ1v) is 6.83. The number of fused-ring (bicyclic) bond motifs is 4. The Morgan fingerprint density at radius 3 is 2.84 bits per heavy atom. The molecule has 2 aliphatic rings. The highest BCUT2D eigenvalue weighted by atomic mass is 16.3. The van der Waals surface area contributed by atoms with E-state index in [9.17, 15) is 9.90 Å². The van der Waals surface area contributed by atoms with Crippen LogP contribution in [0.5, 0.6) is 0 Å². The van der Waals surface area contributed by atoms with Crippen LogP contribution in [0.25, 0.3) is 0 Å². The summed E-state index contributed by atoms with van der Waals surface area (Å²) in [6.07, 6.45) is 0.915. The molecule has 1 aromatic rings. The Labute approximate surface area is 113 Å². The molecule has 1 fully saturated rings. The fourth-order valence-corrected chi connectivity index (χ4v) is 3.62. The normalized spacial score (nSPS) is 29.1. The maximum Gasteiger partial charge on any atom is 0.219 e. The Morgan fingerprint density at radius 2 is 2.16 bits per heavy atom. The third-order valence-corrected chi connectivity index (χ3v) is 4.63. The Balaban J connectivity index is 2.08. The van der Waals surface area contributed by atoms with E-state index in [2.05, 4.69) is 24.1 Å². The van der Waals surface area contributed by atoms with Gasteiger partial charge in [0, 0.05) is 44.8 Å². The number of rotatable bonds is 1. The Kier molecular flexibility index (Phi) is 2.97. The minimum atomic E-state index is 0.0984. The quantitative estimate of drug-likeness (QED) is 0.830. The number of aliphatic hydroxyl groups excluding tert-OH is 1. The second-order valence-corrected chi connectivity index (χ2v) is 5.60. The van der Waals surface area contributed by atoms with Gasteiger partial charge in [-0.1, -0.05) is 18.2 Å². The second kappa shape index (κ2) is 4.53. The van der Waals surface area contributed by atoms with Crippen LogP contribution in [-0.2, 0) is 4.79 Å². The number of aliphatic hydroxyl groups is 1. The largest absolute Gasteiger partial charge is 0.396 e. The zero-order valence-corrected chi connectivity index (χ0v) is 11.4. The monoisotopic (exact) mass is 260 g/mol. The zero-order chi connectivity index (χ0) is 13.6. The molecule has 0 aromatic heterocycles. The molecule has 2 aliphatic heterocycles. The molecule has 1 amide bonds. The number of benzene rings is 1. The maximum absolute atomic E-state index is 11.9. The van der Waals surface area contributed by atoms with Crippen LogP contribution < -0.4 is 4.90 Å². The predicted molar refractivity (Wildman–Crippen MR) is 74.0 cm³/mol. The summed E-state index contributed by atoms with van der Waals surface area (Å²) >= 11 is 0. The fourth-order valence-electron chi connectivity index (χ4n) is 3.62. The molecule has 1 N–H and O–H groups in total. The Bertz CT molecular complexity index is 503. The smallest absolute Gasteiger partial charge is 0.219 e. The lowest BCUT2D eigenvalue weighted by Crippen LogP contribution is -2.56. The minimum absolute atomic E-state index is 0.0984. The van der Waals surface area contributed by atoms with Crippen molar-refractivity contribution >= 4 is 11.6 Å². The Hall–Kier alpha value is -1.55. The number of carbonyl (C=O) groups is 1. The van der Waals surface area contributed by atoms with Gasteiger partial charge in [0.1, 0.15) is 0 Å². The molecule has 0 spiro atoms. The number of anilines is 1. The molecule has 0 unspecified atom stereocenters. The summed E-state index contributed by atoms with van der Waals surface area (Å²) in [5.74, 6) is 0.236. The number of amides is 1. The first-order chi connectivity index (χ1) is 9.13. The molecule has 1 saturated heterocycles. The van der Waals surface area contributed by atoms with Crippen molar-refractivity contribution < 1.29 is 9.90 Å². The molecule has 3 atom stereocenters. The van der Waals surface area contributed by atoms with Gasteiger partial charge in [0.15, 0.2) is 0 Å². The van der Waals surface area contributed by atoms with E-state index in [1.54, 1.807) is 6.92 Å². The van der Waals surface area contributed by atoms with Crippen molar-refractivity contribution in [3.8, 4) is 0 Å². The minimum Gasteiger partial charge on any atom is -0.396 e. The third kappa shape index (κ3) is 1.82. The van der Waals surface area contributed by atoms with Crippen LogP contribution >= 0.6 is 0 Å². The number of carbonyl (C=O) groups excluding carboxylic acids is 1. The van der Waals surface area contributed by atoms with Crippen LogP contribution in [0.15, 0.2) is 24.3 Å². The van der Waals surface area contributed by atoms with Crippen LogP contribution in [0.2, 0.25) is 0 Å². The first-order valence-electron chi connectivity index (χ1n) is 6.83. The molecule has 0 aliphatic carbocycles. The highest BCUT2D eigenvalue weighted by Crippen LogP contribution is 2.45. The van der Waals surface area contributed by atoms with Crippen molar-refractivity contribution in [2.45, 2.75) is 25.4 Å². The van der Waals surface area contributed by atoms with E-state index in [-0.39, 0.29) is 24.5 Å². The van der Waals surface area contributed by atoms with Crippen LogP contribution in [0.3, 0.4) is 0 Å². The maximum atomic E-state index is 11.9. The van der Waals surface area contributed by atoms with Gasteiger partial charge in [0.25, 0.3) is 0 Å². The van der Waals surface area contributed by atoms with Gasteiger partial charge in [-0.25, -0.2) is 0 Å². The number of piperidine rings is 1. The van der Waals surface area contributed by atoms with Crippen molar-refractivity contribution in [2.75, 3.05) is 25.1 Å². The average Bonchev–Trinajstić information content (AvgIpc) is 2.44. The standard InChI is InChI=1S/C15H20N2O2/c1-10(19)17-8-11(9-18)14-7-15(17)12-5-3-4-6-13(12)16(14)2/h3-6,11,14-15,18H,7-9H2,1-2H3/t11-,14-,15-/m0/s1. The van der Waals surface area contributed by atoms with Crippen molar-refractivity contribution in [3.63, 3.8) is 0 Å². The first kappa shape index (κ1) is 12.5. The molecule has 4 nitrogen and oxygen atoms in total. The Morgan fingerprint density at radius 1 is 1.42 bits per heavy atom. The van der Waals surface area contributed by atoms with Crippen molar-refractivity contribution in [1.29, 1.82) is 0 Å². The zero-order valence-electron chi connectivity index (χ0n) is 11.4. The fraction of sp³-hybridized carbons (Fsp3) is 0.533. The molecule has 2 bridgehead atoms. The van der Waals surface area contributed by atoms with E-state index in [0.717, 1.165) is 6.42 Å². The molecule has 0 radical (unpaired) electrons. The number of nitrogens with zero attached hydrogens (tertiary/aromatic N) is 2. The summed E-state index contributed by atoms with van der Waals surface area (Å²) in [5, 5.41) is 9.60. The molecule has 2 heterocycles. The van der Waals surface area contributed by atoms with E-state index in [4.69, 9.17) is 0 Å². The van der Waals surface area contributed by atoms with Gasteiger partial charge in [-0.05, 0) is 18.1 Å². The summed E-state index contributed by atoms with van der Waals surface area (Å²) in [7, 11) is 2.09. The van der Waals surface area contributed by atoms with Gasteiger partial charge >= 0.3 is 0 Å². The molecule has 1 aromatic carbocycles. The molecule has 4 heteroatoms. The van der Waals surface area contributed by atoms with Crippen LogP contribution in [0.4, 0.5) is 5.69 Å². The molecular weight excluding hydrogens is 240 g/mol. The summed E-state index contributed by atoms with van der Waals surface area (Å²) in [6.45, 7) is 2.41. The van der Waals surface area contributed by atoms with Gasteiger partial charge in [-0.15, -0.1) is 0 Å². The second-order valence-electron chi connectivity index (χ2n) is 5.60. The average molecular weight is 260 g/mol. The van der Waals surface area contributed by atoms with Gasteiger partial charge in [-0.3, -0.25) is 4.79 Å². The van der Waals surface area contributed by atoms with Crippen LogP contribution in [-0.4, -0.2) is 42.2 Å². The molecule has 3 rings (SSSR count). The summed E-state index contributed by atoms with van der Waals surface area (Å²) in [5.41, 5.74) is 2.42. The highest BCUT2D eigenvalue weighted by molar-refractivity contribution is 5.75. The van der Waals surface area contributed by atoms with Crippen LogP contribution in [0.1, 0.15) is 24.9 Å². The molecular formula is C15H20N2O2. The number of likely N-dealkylation sites (tertiary alicyclic amines) is 1. The molecule has 102 valence electrons. The van der Waals surface area contributed by atoms with Gasteiger partial charge in [0.2, 0.25) is 5.91 Å². The van der Waals surface area contributed by atoms with Crippen molar-refractivity contribution in [1.82, 2.24) is 4.90 Å². The van der Waals surface area contributed by atoms with Gasteiger partial charge < -0.3 is 14.9 Å². The van der Waals surface area contributed by atoms with E-state index in [1.165, 1.54) is 11.3 Å². The number of hydrogen-bond donors (Lipinski definition) is 1. The number of hydrogen-bond acceptors (Lipinski definition) is 3. The van der Waals surface area contributed by atoms with E-state index < -0.39 is 0 Å². The highest BCUT2D eigenvalue weighted by Gasteiger charge is 2.43. The summed E-state index contributed by atoms with van der Waals surface area (Å²) in [4.78, 5) is 16.1. The lowest BCUT2D eigenvalue weighted by atomic mass is 9.80.